The summed E-state index contributed by atoms with van der Waals surface area (Å²) in [7, 11) is 4.03. The second-order valence-electron chi connectivity index (χ2n) is 6.21. The maximum Gasteiger partial charge on any atom is 0.263 e. The summed E-state index contributed by atoms with van der Waals surface area (Å²) in [4.78, 5) is 20.5. The molecule has 5 nitrogen and oxygen atoms in total. The fourth-order valence-electron chi connectivity index (χ4n) is 2.60. The first kappa shape index (κ1) is 17.6. The minimum atomic E-state index is -0.269. The van der Waals surface area contributed by atoms with Gasteiger partial charge in [-0.3, -0.25) is 9.20 Å². The van der Waals surface area contributed by atoms with Crippen molar-refractivity contribution in [1.82, 2.24) is 19.6 Å². The Kier molecular flexibility index (Phi) is 5.15. The molecule has 1 amide bonds. The first-order valence-electron chi connectivity index (χ1n) is 8.13. The van der Waals surface area contributed by atoms with E-state index in [1.807, 2.05) is 31.6 Å². The molecular formula is C18H21FN4OS. The molecule has 0 saturated carbocycles. The van der Waals surface area contributed by atoms with Crippen molar-refractivity contribution in [2.45, 2.75) is 13.3 Å². The van der Waals surface area contributed by atoms with Crippen molar-refractivity contribution in [3.8, 4) is 11.3 Å². The van der Waals surface area contributed by atoms with Crippen LogP contribution >= 0.6 is 11.3 Å². The highest BCUT2D eigenvalue weighted by molar-refractivity contribution is 7.19. The highest BCUT2D eigenvalue weighted by Gasteiger charge is 2.17. The Morgan fingerprint density at radius 2 is 2.04 bits per heavy atom. The smallest absolute Gasteiger partial charge is 0.263 e. The maximum atomic E-state index is 13.1. The van der Waals surface area contributed by atoms with Crippen LogP contribution in [-0.2, 0) is 0 Å². The number of halogens is 1. The Bertz CT molecular complexity index is 883. The quantitative estimate of drug-likeness (QED) is 0.687. The number of benzene rings is 1. The number of aromatic nitrogens is 2. The molecule has 2 heterocycles. The van der Waals surface area contributed by atoms with Crippen molar-refractivity contribution in [1.29, 1.82) is 0 Å². The van der Waals surface area contributed by atoms with E-state index in [2.05, 4.69) is 15.2 Å². The van der Waals surface area contributed by atoms with Crippen LogP contribution < -0.4 is 5.32 Å². The predicted molar refractivity (Wildman–Crippen MR) is 98.7 cm³/mol. The van der Waals surface area contributed by atoms with Crippen LogP contribution in [0.2, 0.25) is 0 Å². The van der Waals surface area contributed by atoms with Gasteiger partial charge in [0.05, 0.1) is 5.69 Å². The lowest BCUT2D eigenvalue weighted by atomic mass is 10.2. The van der Waals surface area contributed by atoms with E-state index >= 15 is 0 Å². The molecule has 0 aliphatic carbocycles. The van der Waals surface area contributed by atoms with Crippen molar-refractivity contribution in [3.05, 3.63) is 46.9 Å². The summed E-state index contributed by atoms with van der Waals surface area (Å²) in [5.41, 5.74) is 2.49. The Labute approximate surface area is 150 Å². The summed E-state index contributed by atoms with van der Waals surface area (Å²) in [5, 5.41) is 2.96. The van der Waals surface area contributed by atoms with Gasteiger partial charge in [0, 0.05) is 24.0 Å². The number of fused-ring (bicyclic) bond motifs is 1. The fraction of sp³-hybridized carbons (Fsp3) is 0.333. The van der Waals surface area contributed by atoms with Gasteiger partial charge in [0.15, 0.2) is 4.96 Å². The normalized spacial score (nSPS) is 11.4. The molecule has 0 bridgehead atoms. The predicted octanol–water partition coefficient (Wildman–Crippen LogP) is 3.19. The lowest BCUT2D eigenvalue weighted by Crippen LogP contribution is -2.27. The van der Waals surface area contributed by atoms with E-state index in [4.69, 9.17) is 0 Å². The van der Waals surface area contributed by atoms with Crippen molar-refractivity contribution in [3.63, 3.8) is 0 Å². The van der Waals surface area contributed by atoms with Crippen LogP contribution in [0.3, 0.4) is 0 Å². The Morgan fingerprint density at radius 3 is 2.68 bits per heavy atom. The maximum absolute atomic E-state index is 13.1. The van der Waals surface area contributed by atoms with Crippen molar-refractivity contribution in [2.24, 2.45) is 0 Å². The zero-order valence-electron chi connectivity index (χ0n) is 14.5. The Balaban J connectivity index is 1.76. The van der Waals surface area contributed by atoms with E-state index in [9.17, 15) is 9.18 Å². The number of carbonyl (C=O) groups is 1. The minimum absolute atomic E-state index is 0.0601. The molecule has 3 rings (SSSR count). The summed E-state index contributed by atoms with van der Waals surface area (Å²) < 4.78 is 15.0. The first-order valence-corrected chi connectivity index (χ1v) is 8.94. The van der Waals surface area contributed by atoms with Crippen LogP contribution in [0.1, 0.15) is 21.8 Å². The van der Waals surface area contributed by atoms with Crippen molar-refractivity contribution >= 4 is 22.2 Å². The molecule has 1 aromatic carbocycles. The zero-order valence-corrected chi connectivity index (χ0v) is 15.4. The van der Waals surface area contributed by atoms with E-state index < -0.39 is 0 Å². The number of nitrogens with zero attached hydrogens (tertiary/aromatic N) is 3. The van der Waals surface area contributed by atoms with Crippen LogP contribution in [-0.4, -0.2) is 47.4 Å². The molecule has 1 N–H and O–H groups in total. The summed E-state index contributed by atoms with van der Waals surface area (Å²) >= 11 is 1.37. The second kappa shape index (κ2) is 7.33. The molecule has 0 aliphatic rings. The molecule has 2 aromatic heterocycles. The number of thiazole rings is 1. The van der Waals surface area contributed by atoms with E-state index in [0.717, 1.165) is 34.9 Å². The number of aryl methyl sites for hydroxylation is 1. The number of nitrogens with one attached hydrogen (secondary N) is 1. The average molecular weight is 360 g/mol. The molecule has 0 aliphatic heterocycles. The second-order valence-corrected chi connectivity index (χ2v) is 7.19. The molecule has 0 unspecified atom stereocenters. The molecule has 0 fully saturated rings. The molecule has 132 valence electrons. The van der Waals surface area contributed by atoms with Crippen LogP contribution in [0.4, 0.5) is 4.39 Å². The minimum Gasteiger partial charge on any atom is -0.351 e. The summed E-state index contributed by atoms with van der Waals surface area (Å²) in [6, 6.07) is 6.25. The van der Waals surface area contributed by atoms with E-state index in [0.29, 0.717) is 11.4 Å². The number of hydrogen-bond acceptors (Lipinski definition) is 4. The van der Waals surface area contributed by atoms with E-state index in [-0.39, 0.29) is 11.7 Å². The van der Waals surface area contributed by atoms with Gasteiger partial charge in [0.25, 0.3) is 5.91 Å². The largest absolute Gasteiger partial charge is 0.351 e. The molecular weight excluding hydrogens is 339 g/mol. The third kappa shape index (κ3) is 3.88. The topological polar surface area (TPSA) is 49.6 Å². The summed E-state index contributed by atoms with van der Waals surface area (Å²) in [6.45, 7) is 3.50. The third-order valence-electron chi connectivity index (χ3n) is 3.97. The number of imidazole rings is 1. The van der Waals surface area contributed by atoms with Gasteiger partial charge < -0.3 is 10.2 Å². The number of carbonyl (C=O) groups excluding carboxylic acids is 1. The van der Waals surface area contributed by atoms with Crippen molar-refractivity contribution in [2.75, 3.05) is 27.2 Å². The van der Waals surface area contributed by atoms with Gasteiger partial charge in [-0.25, -0.2) is 9.37 Å². The van der Waals surface area contributed by atoms with Gasteiger partial charge in [0.2, 0.25) is 0 Å². The van der Waals surface area contributed by atoms with Crippen LogP contribution in [0.25, 0.3) is 16.2 Å². The van der Waals surface area contributed by atoms with Crippen LogP contribution in [0.15, 0.2) is 30.5 Å². The van der Waals surface area contributed by atoms with Gasteiger partial charge in [-0.05, 0) is 58.3 Å². The van der Waals surface area contributed by atoms with Gasteiger partial charge in [-0.15, -0.1) is 0 Å². The van der Waals surface area contributed by atoms with E-state index in [1.165, 1.54) is 23.5 Å². The average Bonchev–Trinajstić information content (AvgIpc) is 3.12. The third-order valence-corrected chi connectivity index (χ3v) is 5.13. The number of hydrogen-bond donors (Lipinski definition) is 1. The summed E-state index contributed by atoms with van der Waals surface area (Å²) in [6.07, 6.45) is 2.80. The molecule has 0 atom stereocenters. The molecule has 0 saturated heterocycles. The molecule has 7 heteroatoms. The zero-order chi connectivity index (χ0) is 18.0. The monoisotopic (exact) mass is 360 g/mol. The standard InChI is InChI=1S/C18H21FN4OS/c1-12-16(17(24)20-9-4-10-22(2)3)25-18-21-15(11-23(12)18)13-5-7-14(19)8-6-13/h5-8,11H,4,9-10H2,1-3H3,(H,20,24). The SMILES string of the molecule is Cc1c(C(=O)NCCCN(C)C)sc2nc(-c3ccc(F)cc3)cn12. The van der Waals surface area contributed by atoms with Crippen molar-refractivity contribution < 1.29 is 9.18 Å². The highest BCUT2D eigenvalue weighted by atomic mass is 32.1. The van der Waals surface area contributed by atoms with Gasteiger partial charge in [0.1, 0.15) is 10.7 Å². The first-order chi connectivity index (χ1) is 12.0. The van der Waals surface area contributed by atoms with Gasteiger partial charge >= 0.3 is 0 Å². The fourth-order valence-corrected chi connectivity index (χ4v) is 3.62. The molecule has 3 aromatic rings. The highest BCUT2D eigenvalue weighted by Crippen LogP contribution is 2.27. The lowest BCUT2D eigenvalue weighted by molar-refractivity contribution is 0.0955. The number of rotatable bonds is 6. The van der Waals surface area contributed by atoms with E-state index in [1.54, 1.807) is 12.1 Å². The number of amides is 1. The van der Waals surface area contributed by atoms with Gasteiger partial charge in [-0.1, -0.05) is 11.3 Å². The van der Waals surface area contributed by atoms with Crippen LogP contribution in [0.5, 0.6) is 0 Å². The molecule has 25 heavy (non-hydrogen) atoms. The van der Waals surface area contributed by atoms with Crippen LogP contribution in [0, 0.1) is 12.7 Å². The summed E-state index contributed by atoms with van der Waals surface area (Å²) in [5.74, 6) is -0.329. The Hall–Kier alpha value is -2.25. The molecule has 0 radical (unpaired) electrons. The Morgan fingerprint density at radius 1 is 1.32 bits per heavy atom. The van der Waals surface area contributed by atoms with Gasteiger partial charge in [-0.2, -0.15) is 0 Å². The lowest BCUT2D eigenvalue weighted by Gasteiger charge is -2.09. The molecule has 0 spiro atoms.